The summed E-state index contributed by atoms with van der Waals surface area (Å²) < 4.78 is 3.45. The molecule has 0 amide bonds. The van der Waals surface area contributed by atoms with Crippen molar-refractivity contribution < 1.29 is 0 Å². The molecule has 0 fully saturated rings. The summed E-state index contributed by atoms with van der Waals surface area (Å²) in [5.41, 5.74) is 3.68. The van der Waals surface area contributed by atoms with Crippen molar-refractivity contribution in [2.45, 2.75) is 59.0 Å². The molecule has 5 rings (SSSR count). The number of benzene rings is 1. The number of fused-ring (bicyclic) bond motifs is 2. The number of hydrogen-bond acceptors (Lipinski definition) is 7. The first kappa shape index (κ1) is 22.2. The van der Waals surface area contributed by atoms with Gasteiger partial charge < -0.3 is 10.6 Å². The molecule has 0 aliphatic carbocycles. The van der Waals surface area contributed by atoms with Gasteiger partial charge in [-0.2, -0.15) is 4.98 Å². The summed E-state index contributed by atoms with van der Waals surface area (Å²) >= 11 is 0. The quantitative estimate of drug-likeness (QED) is 0.481. The number of nitrogens with one attached hydrogen (secondary N) is 2. The molecule has 4 aromatic rings. The zero-order valence-electron chi connectivity index (χ0n) is 20.3. The van der Waals surface area contributed by atoms with Crippen LogP contribution in [0.15, 0.2) is 41.5 Å². The van der Waals surface area contributed by atoms with Crippen molar-refractivity contribution >= 4 is 22.7 Å². The van der Waals surface area contributed by atoms with Gasteiger partial charge in [0.15, 0.2) is 11.5 Å². The molecular weight excluding hydrogens is 428 g/mol. The third-order valence-corrected chi connectivity index (χ3v) is 5.99. The maximum absolute atomic E-state index is 13.3. The van der Waals surface area contributed by atoms with Crippen molar-refractivity contribution in [2.24, 2.45) is 0 Å². The minimum atomic E-state index is -0.231. The Balaban J connectivity index is 1.63. The van der Waals surface area contributed by atoms with E-state index in [1.165, 1.54) is 11.1 Å². The van der Waals surface area contributed by atoms with Gasteiger partial charge in [-0.25, -0.2) is 24.3 Å². The zero-order valence-corrected chi connectivity index (χ0v) is 20.3. The Hall–Kier alpha value is -3.59. The van der Waals surface area contributed by atoms with E-state index in [-0.39, 0.29) is 17.0 Å². The molecule has 1 aromatic carbocycles. The topological polar surface area (TPSA) is 103 Å². The number of hydrogen-bond donors (Lipinski definition) is 2. The zero-order chi connectivity index (χ0) is 24.0. The van der Waals surface area contributed by atoms with Gasteiger partial charge in [-0.15, -0.1) is 0 Å². The van der Waals surface area contributed by atoms with Crippen LogP contribution in [0.5, 0.6) is 0 Å². The Morgan fingerprint density at radius 1 is 1.09 bits per heavy atom. The smallest absolute Gasteiger partial charge is 0.278 e. The summed E-state index contributed by atoms with van der Waals surface area (Å²) in [7, 11) is 0. The van der Waals surface area contributed by atoms with Crippen LogP contribution in [0.3, 0.4) is 0 Å². The highest BCUT2D eigenvalue weighted by molar-refractivity contribution is 5.77. The van der Waals surface area contributed by atoms with Crippen LogP contribution in [-0.2, 0) is 18.4 Å². The molecule has 0 unspecified atom stereocenters. The Kier molecular flexibility index (Phi) is 5.44. The van der Waals surface area contributed by atoms with E-state index in [1.54, 1.807) is 27.8 Å². The third kappa shape index (κ3) is 3.96. The standard InChI is InChI=1S/C25H30N8O/c1-15(2)32-22(34)19-14-28-24(29-18-7-6-16-8-10-26-13-17(16)12-18)31-21(19)33(32)20-9-11-27-23(30-20)25(3,4)5/h6-7,9,11-12,14-15,26H,8,10,13H2,1-5H3,(H,28,29,31). The molecule has 0 spiro atoms. The fraction of sp³-hybridized carbons (Fsp3) is 0.400. The minimum absolute atomic E-state index is 0.0979. The van der Waals surface area contributed by atoms with Gasteiger partial charge in [-0.05, 0) is 50.1 Å². The van der Waals surface area contributed by atoms with E-state index in [1.807, 2.05) is 19.9 Å². The average molecular weight is 459 g/mol. The van der Waals surface area contributed by atoms with E-state index in [2.05, 4.69) is 53.5 Å². The second kappa shape index (κ2) is 8.32. The van der Waals surface area contributed by atoms with Crippen LogP contribution < -0.4 is 16.2 Å². The predicted octanol–water partition coefficient (Wildman–Crippen LogP) is 3.64. The van der Waals surface area contributed by atoms with E-state index in [0.717, 1.165) is 25.2 Å². The highest BCUT2D eigenvalue weighted by Crippen LogP contribution is 2.24. The van der Waals surface area contributed by atoms with Gasteiger partial charge in [0.25, 0.3) is 5.56 Å². The van der Waals surface area contributed by atoms with Gasteiger partial charge in [0.2, 0.25) is 5.95 Å². The van der Waals surface area contributed by atoms with Gasteiger partial charge in [0.05, 0.1) is 0 Å². The molecule has 0 atom stereocenters. The lowest BCUT2D eigenvalue weighted by molar-refractivity contribution is 0.467. The minimum Gasteiger partial charge on any atom is -0.324 e. The van der Waals surface area contributed by atoms with Crippen LogP contribution in [0.25, 0.3) is 16.9 Å². The monoisotopic (exact) mass is 458 g/mol. The SMILES string of the molecule is CC(C)n1c(=O)c2cnc(Nc3ccc4c(c3)CNCC4)nc2n1-c1ccnc(C(C)(C)C)n1. The molecule has 0 bridgehead atoms. The Bertz CT molecular complexity index is 1430. The Morgan fingerprint density at radius 2 is 1.91 bits per heavy atom. The van der Waals surface area contributed by atoms with Crippen LogP contribution in [0.2, 0.25) is 0 Å². The normalized spacial score (nSPS) is 13.9. The largest absolute Gasteiger partial charge is 0.324 e. The average Bonchev–Trinajstić information content (AvgIpc) is 3.10. The summed E-state index contributed by atoms with van der Waals surface area (Å²) in [5.74, 6) is 1.73. The first-order chi connectivity index (χ1) is 16.2. The van der Waals surface area contributed by atoms with Crippen LogP contribution in [0.4, 0.5) is 11.6 Å². The second-order valence-electron chi connectivity index (χ2n) is 10.0. The van der Waals surface area contributed by atoms with E-state index in [4.69, 9.17) is 9.97 Å². The second-order valence-corrected chi connectivity index (χ2v) is 10.0. The molecule has 1 aliphatic rings. The molecule has 176 valence electrons. The summed E-state index contributed by atoms with van der Waals surface area (Å²) in [6.07, 6.45) is 4.35. The first-order valence-electron chi connectivity index (χ1n) is 11.7. The van der Waals surface area contributed by atoms with Gasteiger partial charge in [0.1, 0.15) is 11.2 Å². The molecule has 34 heavy (non-hydrogen) atoms. The lowest BCUT2D eigenvalue weighted by Crippen LogP contribution is -2.25. The van der Waals surface area contributed by atoms with Gasteiger partial charge in [-0.1, -0.05) is 26.8 Å². The molecule has 2 N–H and O–H groups in total. The lowest BCUT2D eigenvalue weighted by atomic mass is 9.96. The van der Waals surface area contributed by atoms with Crippen LogP contribution in [0.1, 0.15) is 57.6 Å². The van der Waals surface area contributed by atoms with Crippen molar-refractivity contribution in [1.29, 1.82) is 0 Å². The van der Waals surface area contributed by atoms with E-state index < -0.39 is 0 Å². The molecule has 1 aliphatic heterocycles. The van der Waals surface area contributed by atoms with E-state index >= 15 is 0 Å². The fourth-order valence-electron chi connectivity index (χ4n) is 4.26. The summed E-state index contributed by atoms with van der Waals surface area (Å²) in [6.45, 7) is 12.0. The molecule has 9 heteroatoms. The van der Waals surface area contributed by atoms with Crippen molar-refractivity contribution in [1.82, 2.24) is 34.6 Å². The van der Waals surface area contributed by atoms with E-state index in [9.17, 15) is 4.79 Å². The summed E-state index contributed by atoms with van der Waals surface area (Å²) in [5, 5.41) is 7.16. The maximum atomic E-state index is 13.3. The van der Waals surface area contributed by atoms with Crippen LogP contribution in [0, 0.1) is 0 Å². The Morgan fingerprint density at radius 3 is 2.68 bits per heavy atom. The molecule has 9 nitrogen and oxygen atoms in total. The fourth-order valence-corrected chi connectivity index (χ4v) is 4.26. The van der Waals surface area contributed by atoms with Crippen LogP contribution in [-0.4, -0.2) is 35.8 Å². The van der Waals surface area contributed by atoms with Crippen LogP contribution >= 0.6 is 0 Å². The van der Waals surface area contributed by atoms with Crippen molar-refractivity contribution in [3.63, 3.8) is 0 Å². The molecular formula is C25H30N8O. The number of rotatable bonds is 4. The number of anilines is 2. The van der Waals surface area contributed by atoms with Crippen molar-refractivity contribution in [3.8, 4) is 5.82 Å². The van der Waals surface area contributed by atoms with Gasteiger partial charge >= 0.3 is 0 Å². The third-order valence-electron chi connectivity index (χ3n) is 5.99. The van der Waals surface area contributed by atoms with Crippen molar-refractivity contribution in [3.05, 3.63) is 64.0 Å². The number of aromatic nitrogens is 6. The molecule has 0 radical (unpaired) electrons. The summed E-state index contributed by atoms with van der Waals surface area (Å²) in [4.78, 5) is 31.7. The molecule has 0 saturated heterocycles. The van der Waals surface area contributed by atoms with Gasteiger partial charge in [-0.3, -0.25) is 4.79 Å². The highest BCUT2D eigenvalue weighted by atomic mass is 16.1. The molecule has 0 saturated carbocycles. The van der Waals surface area contributed by atoms with Crippen molar-refractivity contribution in [2.75, 3.05) is 11.9 Å². The number of nitrogens with zero attached hydrogens (tertiary/aromatic N) is 6. The van der Waals surface area contributed by atoms with Gasteiger partial charge in [0, 0.05) is 42.1 Å². The highest BCUT2D eigenvalue weighted by Gasteiger charge is 2.23. The van der Waals surface area contributed by atoms with E-state index in [0.29, 0.717) is 28.6 Å². The Labute approximate surface area is 198 Å². The molecule has 4 heterocycles. The lowest BCUT2D eigenvalue weighted by Gasteiger charge is -2.19. The summed E-state index contributed by atoms with van der Waals surface area (Å²) in [6, 6.07) is 8.03. The predicted molar refractivity (Wildman–Crippen MR) is 133 cm³/mol. The molecule has 3 aromatic heterocycles. The first-order valence-corrected chi connectivity index (χ1v) is 11.7. The maximum Gasteiger partial charge on any atom is 0.278 e.